The number of rotatable bonds is 5. The highest BCUT2D eigenvalue weighted by molar-refractivity contribution is 7.71. The topological polar surface area (TPSA) is 74.8 Å². The maximum Gasteiger partial charge on any atom is 0.267 e. The fourth-order valence-corrected chi connectivity index (χ4v) is 3.55. The standard InChI is InChI=1S/C19H25N5O2S/c1-5-24(6-2)13-9-7-12(8-10-13)14-11-15(21-20-14)16-17(25)22(3)19(27)23(4)18(16)26/h7-10,14,20,25H,5-6,11H2,1-4H3/t14-/m1/s1. The van der Waals surface area contributed by atoms with Crippen LogP contribution in [0.2, 0.25) is 0 Å². The van der Waals surface area contributed by atoms with E-state index in [2.05, 4.69) is 53.5 Å². The Balaban J connectivity index is 1.86. The first-order valence-electron chi connectivity index (χ1n) is 9.05. The van der Waals surface area contributed by atoms with Crippen LogP contribution in [0.3, 0.4) is 0 Å². The summed E-state index contributed by atoms with van der Waals surface area (Å²) < 4.78 is 3.02. The van der Waals surface area contributed by atoms with Gasteiger partial charge in [0, 0.05) is 39.3 Å². The normalized spacial score (nSPS) is 16.1. The molecule has 1 aliphatic rings. The van der Waals surface area contributed by atoms with Gasteiger partial charge in [0.2, 0.25) is 5.88 Å². The van der Waals surface area contributed by atoms with E-state index in [0.717, 1.165) is 18.7 Å². The number of aromatic hydroxyl groups is 1. The van der Waals surface area contributed by atoms with Crippen molar-refractivity contribution in [2.24, 2.45) is 19.2 Å². The zero-order valence-corrected chi connectivity index (χ0v) is 16.9. The smallest absolute Gasteiger partial charge is 0.267 e. The molecule has 2 heterocycles. The minimum Gasteiger partial charge on any atom is -0.494 e. The van der Waals surface area contributed by atoms with E-state index in [1.54, 1.807) is 14.1 Å². The predicted molar refractivity (Wildman–Crippen MR) is 110 cm³/mol. The van der Waals surface area contributed by atoms with Gasteiger partial charge in [0.15, 0.2) is 4.77 Å². The van der Waals surface area contributed by atoms with Gasteiger partial charge in [-0.1, -0.05) is 12.1 Å². The lowest BCUT2D eigenvalue weighted by Gasteiger charge is -2.21. The van der Waals surface area contributed by atoms with Crippen molar-refractivity contribution >= 4 is 23.6 Å². The van der Waals surface area contributed by atoms with Crippen molar-refractivity contribution in [3.8, 4) is 5.88 Å². The molecule has 2 aromatic rings. The summed E-state index contributed by atoms with van der Waals surface area (Å²) in [5.74, 6) is -0.152. The SMILES string of the molecule is CCN(CC)c1ccc([C@H]2CC(c3c(O)n(C)c(=S)n(C)c3=O)=NN2)cc1. The van der Waals surface area contributed by atoms with Gasteiger partial charge in [0.25, 0.3) is 5.56 Å². The zero-order chi connectivity index (χ0) is 19.7. The molecule has 8 heteroatoms. The number of aromatic nitrogens is 2. The Morgan fingerprint density at radius 2 is 1.85 bits per heavy atom. The zero-order valence-electron chi connectivity index (χ0n) is 16.1. The van der Waals surface area contributed by atoms with Crippen LogP contribution in [0.25, 0.3) is 0 Å². The van der Waals surface area contributed by atoms with Crippen LogP contribution in [0.4, 0.5) is 5.69 Å². The predicted octanol–water partition coefficient (Wildman–Crippen LogP) is 2.44. The van der Waals surface area contributed by atoms with Crippen LogP contribution in [-0.2, 0) is 14.1 Å². The van der Waals surface area contributed by atoms with Gasteiger partial charge >= 0.3 is 0 Å². The van der Waals surface area contributed by atoms with Gasteiger partial charge in [-0.15, -0.1) is 0 Å². The molecule has 1 aliphatic heterocycles. The Morgan fingerprint density at radius 1 is 1.22 bits per heavy atom. The van der Waals surface area contributed by atoms with Crippen molar-refractivity contribution < 1.29 is 5.11 Å². The summed E-state index contributed by atoms with van der Waals surface area (Å²) in [7, 11) is 3.23. The summed E-state index contributed by atoms with van der Waals surface area (Å²) in [4.78, 5) is 14.9. The number of hydrogen-bond acceptors (Lipinski definition) is 6. The Bertz CT molecular complexity index is 987. The molecule has 0 unspecified atom stereocenters. The van der Waals surface area contributed by atoms with Crippen LogP contribution in [0.15, 0.2) is 34.2 Å². The number of hydrogen-bond donors (Lipinski definition) is 2. The first kappa shape index (κ1) is 19.2. The average molecular weight is 388 g/mol. The van der Waals surface area contributed by atoms with Crippen molar-refractivity contribution in [1.29, 1.82) is 0 Å². The summed E-state index contributed by atoms with van der Waals surface area (Å²) in [5, 5.41) is 14.7. The number of nitrogens with one attached hydrogen (secondary N) is 1. The average Bonchev–Trinajstić information content (AvgIpc) is 3.16. The van der Waals surface area contributed by atoms with E-state index in [9.17, 15) is 9.90 Å². The van der Waals surface area contributed by atoms with Crippen LogP contribution < -0.4 is 15.9 Å². The molecule has 0 aliphatic carbocycles. The molecular formula is C19H25N5O2S. The third-order valence-corrected chi connectivity index (χ3v) is 5.65. The lowest BCUT2D eigenvalue weighted by Crippen LogP contribution is -2.28. The van der Waals surface area contributed by atoms with Crippen LogP contribution in [0.1, 0.15) is 37.4 Å². The molecule has 1 aromatic carbocycles. The molecule has 0 bridgehead atoms. The highest BCUT2D eigenvalue weighted by Crippen LogP contribution is 2.27. The van der Waals surface area contributed by atoms with Crippen molar-refractivity contribution in [3.05, 3.63) is 50.5 Å². The Labute approximate surface area is 163 Å². The summed E-state index contributed by atoms with van der Waals surface area (Å²) in [6.07, 6.45) is 0.518. The van der Waals surface area contributed by atoms with Gasteiger partial charge in [-0.3, -0.25) is 13.9 Å². The van der Waals surface area contributed by atoms with Crippen LogP contribution >= 0.6 is 12.2 Å². The minimum absolute atomic E-state index is 0.0386. The Morgan fingerprint density at radius 3 is 2.44 bits per heavy atom. The maximum atomic E-state index is 12.6. The summed E-state index contributed by atoms with van der Waals surface area (Å²) in [5.41, 5.74) is 5.75. The van der Waals surface area contributed by atoms with Crippen LogP contribution in [-0.4, -0.2) is 33.0 Å². The number of nitrogens with zero attached hydrogens (tertiary/aromatic N) is 4. The van der Waals surface area contributed by atoms with E-state index in [-0.39, 0.29) is 27.8 Å². The molecule has 1 atom stereocenters. The molecule has 0 saturated heterocycles. The Hall–Kier alpha value is -2.61. The first-order chi connectivity index (χ1) is 12.9. The summed E-state index contributed by atoms with van der Waals surface area (Å²) >= 11 is 5.16. The molecule has 0 saturated carbocycles. The molecule has 144 valence electrons. The van der Waals surface area contributed by atoms with Crippen molar-refractivity contribution in [1.82, 2.24) is 14.6 Å². The second-order valence-corrected chi connectivity index (χ2v) is 6.98. The maximum absolute atomic E-state index is 12.6. The van der Waals surface area contributed by atoms with E-state index in [0.29, 0.717) is 12.1 Å². The molecule has 0 fully saturated rings. The van der Waals surface area contributed by atoms with E-state index in [4.69, 9.17) is 12.2 Å². The lowest BCUT2D eigenvalue weighted by atomic mass is 9.99. The second-order valence-electron chi connectivity index (χ2n) is 6.61. The monoisotopic (exact) mass is 387 g/mol. The molecule has 1 aromatic heterocycles. The van der Waals surface area contributed by atoms with Crippen molar-refractivity contribution in [2.45, 2.75) is 26.3 Å². The minimum atomic E-state index is -0.339. The first-order valence-corrected chi connectivity index (χ1v) is 9.46. The molecular weight excluding hydrogens is 362 g/mol. The molecule has 0 amide bonds. The van der Waals surface area contributed by atoms with Crippen molar-refractivity contribution in [2.75, 3.05) is 18.0 Å². The number of hydrazone groups is 1. The van der Waals surface area contributed by atoms with Crippen molar-refractivity contribution in [3.63, 3.8) is 0 Å². The molecule has 2 N–H and O–H groups in total. The van der Waals surface area contributed by atoms with E-state index in [1.165, 1.54) is 14.8 Å². The highest BCUT2D eigenvalue weighted by atomic mass is 32.1. The van der Waals surface area contributed by atoms with E-state index >= 15 is 0 Å². The van der Waals surface area contributed by atoms with Crippen LogP contribution in [0.5, 0.6) is 5.88 Å². The van der Waals surface area contributed by atoms with Gasteiger partial charge in [-0.2, -0.15) is 5.10 Å². The van der Waals surface area contributed by atoms with E-state index in [1.807, 2.05) is 0 Å². The summed E-state index contributed by atoms with van der Waals surface area (Å²) in [6.45, 7) is 6.20. The largest absolute Gasteiger partial charge is 0.494 e. The number of anilines is 1. The van der Waals surface area contributed by atoms with Crippen LogP contribution in [0, 0.1) is 4.77 Å². The molecule has 7 nitrogen and oxygen atoms in total. The second kappa shape index (κ2) is 7.56. The molecule has 0 spiro atoms. The Kier molecular flexibility index (Phi) is 5.36. The molecule has 0 radical (unpaired) electrons. The quantitative estimate of drug-likeness (QED) is 0.771. The highest BCUT2D eigenvalue weighted by Gasteiger charge is 2.27. The molecule has 3 rings (SSSR count). The lowest BCUT2D eigenvalue weighted by molar-refractivity contribution is 0.414. The van der Waals surface area contributed by atoms with Gasteiger partial charge in [0.05, 0.1) is 11.8 Å². The third-order valence-electron chi connectivity index (χ3n) is 5.10. The van der Waals surface area contributed by atoms with Gasteiger partial charge in [-0.05, 0) is 43.8 Å². The van der Waals surface area contributed by atoms with Gasteiger partial charge in [0.1, 0.15) is 5.56 Å². The number of benzene rings is 1. The fraction of sp³-hybridized carbons (Fsp3) is 0.421. The van der Waals surface area contributed by atoms with E-state index < -0.39 is 0 Å². The fourth-order valence-electron chi connectivity index (χ4n) is 3.38. The summed E-state index contributed by atoms with van der Waals surface area (Å²) in [6, 6.07) is 8.32. The molecule has 27 heavy (non-hydrogen) atoms. The van der Waals surface area contributed by atoms with Gasteiger partial charge in [-0.25, -0.2) is 0 Å². The van der Waals surface area contributed by atoms with Gasteiger partial charge < -0.3 is 15.4 Å². The third kappa shape index (κ3) is 3.37.